The van der Waals surface area contributed by atoms with E-state index in [2.05, 4.69) is 21.2 Å². The first-order valence-electron chi connectivity index (χ1n) is 9.63. The lowest BCUT2D eigenvalue weighted by Crippen LogP contribution is -2.50. The van der Waals surface area contributed by atoms with Crippen molar-refractivity contribution in [3.63, 3.8) is 0 Å². The lowest BCUT2D eigenvalue weighted by molar-refractivity contribution is -0.142. The molecule has 2 amide bonds. The van der Waals surface area contributed by atoms with Crippen LogP contribution in [-0.2, 0) is 16.1 Å². The molecule has 0 aromatic heterocycles. The van der Waals surface area contributed by atoms with E-state index in [9.17, 15) is 14.0 Å². The highest BCUT2D eigenvalue weighted by atomic mass is 79.9. The zero-order valence-corrected chi connectivity index (χ0v) is 19.5. The summed E-state index contributed by atoms with van der Waals surface area (Å²) >= 11 is 9.28. The largest absolute Gasteiger partial charge is 0.483 e. The molecular formula is C22H25BrClFN2O3. The zero-order chi connectivity index (χ0) is 22.3. The quantitative estimate of drug-likeness (QED) is 0.531. The van der Waals surface area contributed by atoms with E-state index in [1.165, 1.54) is 17.0 Å². The second kappa shape index (κ2) is 11.3. The molecule has 8 heteroatoms. The van der Waals surface area contributed by atoms with Crippen LogP contribution in [0.5, 0.6) is 5.75 Å². The van der Waals surface area contributed by atoms with E-state index in [0.717, 1.165) is 6.42 Å². The summed E-state index contributed by atoms with van der Waals surface area (Å²) in [7, 11) is 0. The van der Waals surface area contributed by atoms with Crippen molar-refractivity contribution in [1.29, 1.82) is 0 Å². The van der Waals surface area contributed by atoms with Gasteiger partial charge >= 0.3 is 0 Å². The Labute approximate surface area is 189 Å². The van der Waals surface area contributed by atoms with E-state index >= 15 is 0 Å². The molecular weight excluding hydrogens is 475 g/mol. The van der Waals surface area contributed by atoms with Gasteiger partial charge in [-0.15, -0.1) is 0 Å². The molecule has 2 unspecified atom stereocenters. The molecule has 0 radical (unpaired) electrons. The van der Waals surface area contributed by atoms with Gasteiger partial charge in [0.25, 0.3) is 5.91 Å². The summed E-state index contributed by atoms with van der Waals surface area (Å²) in [6, 6.07) is 10.1. The summed E-state index contributed by atoms with van der Waals surface area (Å²) < 4.78 is 19.5. The molecule has 2 atom stereocenters. The van der Waals surface area contributed by atoms with Gasteiger partial charge in [0.05, 0.1) is 4.47 Å². The number of amides is 2. The Hall–Kier alpha value is -2.12. The van der Waals surface area contributed by atoms with Crippen LogP contribution in [0.15, 0.2) is 46.9 Å². The molecule has 0 spiro atoms. The van der Waals surface area contributed by atoms with Gasteiger partial charge in [-0.05, 0) is 72.1 Å². The van der Waals surface area contributed by atoms with E-state index in [-0.39, 0.29) is 36.8 Å². The number of carbonyl (C=O) groups excluding carboxylic acids is 2. The van der Waals surface area contributed by atoms with Crippen LogP contribution < -0.4 is 10.1 Å². The van der Waals surface area contributed by atoms with Crippen LogP contribution in [0.2, 0.25) is 5.02 Å². The van der Waals surface area contributed by atoms with Gasteiger partial charge < -0.3 is 15.0 Å². The number of carbonyl (C=O) groups is 2. The van der Waals surface area contributed by atoms with Gasteiger partial charge in [0.2, 0.25) is 5.91 Å². The summed E-state index contributed by atoms with van der Waals surface area (Å²) in [4.78, 5) is 27.0. The molecule has 0 heterocycles. The topological polar surface area (TPSA) is 58.6 Å². The molecule has 0 saturated carbocycles. The van der Waals surface area contributed by atoms with Crippen LogP contribution in [0.1, 0.15) is 32.8 Å². The molecule has 2 aromatic rings. The number of nitrogens with one attached hydrogen (secondary N) is 1. The van der Waals surface area contributed by atoms with Crippen LogP contribution in [0.3, 0.4) is 0 Å². The molecule has 0 saturated heterocycles. The molecule has 2 rings (SSSR count). The molecule has 162 valence electrons. The second-order valence-electron chi connectivity index (χ2n) is 7.01. The Morgan fingerprint density at radius 2 is 1.87 bits per heavy atom. The predicted octanol–water partition coefficient (Wildman–Crippen LogP) is 4.95. The minimum absolute atomic E-state index is 0.0102. The van der Waals surface area contributed by atoms with E-state index in [1.807, 2.05) is 13.8 Å². The first-order valence-corrected chi connectivity index (χ1v) is 10.8. The first kappa shape index (κ1) is 24.2. The molecule has 0 bridgehead atoms. The maximum absolute atomic E-state index is 13.2. The van der Waals surface area contributed by atoms with Gasteiger partial charge in [0.15, 0.2) is 6.61 Å². The zero-order valence-electron chi connectivity index (χ0n) is 17.1. The fourth-order valence-corrected chi connectivity index (χ4v) is 3.45. The monoisotopic (exact) mass is 498 g/mol. The Kier molecular flexibility index (Phi) is 9.11. The van der Waals surface area contributed by atoms with Crippen molar-refractivity contribution in [2.45, 2.75) is 45.8 Å². The van der Waals surface area contributed by atoms with Gasteiger partial charge in [0, 0.05) is 17.6 Å². The predicted molar refractivity (Wildman–Crippen MR) is 119 cm³/mol. The summed E-state index contributed by atoms with van der Waals surface area (Å²) in [5.74, 6) is -0.526. The minimum Gasteiger partial charge on any atom is -0.483 e. The van der Waals surface area contributed by atoms with Crippen molar-refractivity contribution in [3.05, 3.63) is 63.3 Å². The number of rotatable bonds is 9. The van der Waals surface area contributed by atoms with E-state index < -0.39 is 6.04 Å². The van der Waals surface area contributed by atoms with Crippen molar-refractivity contribution in [1.82, 2.24) is 10.2 Å². The number of benzene rings is 2. The van der Waals surface area contributed by atoms with E-state index in [4.69, 9.17) is 16.3 Å². The normalized spacial score (nSPS) is 12.7. The van der Waals surface area contributed by atoms with Crippen molar-refractivity contribution >= 4 is 39.3 Å². The highest BCUT2D eigenvalue weighted by Crippen LogP contribution is 2.28. The average Bonchev–Trinajstić information content (AvgIpc) is 2.71. The Bertz CT molecular complexity index is 879. The number of hydrogen-bond acceptors (Lipinski definition) is 3. The van der Waals surface area contributed by atoms with Crippen molar-refractivity contribution in [2.24, 2.45) is 0 Å². The van der Waals surface area contributed by atoms with Crippen LogP contribution in [0, 0.1) is 5.82 Å². The first-order chi connectivity index (χ1) is 14.2. The third-order valence-corrected chi connectivity index (χ3v) is 5.53. The number of halogens is 3. The fraction of sp³-hybridized carbons (Fsp3) is 0.364. The lowest BCUT2D eigenvalue weighted by Gasteiger charge is -2.29. The summed E-state index contributed by atoms with van der Waals surface area (Å²) in [6.07, 6.45) is 0.776. The number of hydrogen-bond donors (Lipinski definition) is 1. The average molecular weight is 500 g/mol. The number of ether oxygens (including phenoxy) is 1. The number of nitrogens with zero attached hydrogens (tertiary/aromatic N) is 1. The maximum atomic E-state index is 13.2. The lowest BCUT2D eigenvalue weighted by atomic mass is 10.1. The highest BCUT2D eigenvalue weighted by Gasteiger charge is 2.27. The van der Waals surface area contributed by atoms with Crippen LogP contribution >= 0.6 is 27.5 Å². The smallest absolute Gasteiger partial charge is 0.261 e. The molecule has 30 heavy (non-hydrogen) atoms. The van der Waals surface area contributed by atoms with Crippen LogP contribution in [-0.4, -0.2) is 35.4 Å². The molecule has 2 aromatic carbocycles. The summed E-state index contributed by atoms with van der Waals surface area (Å²) in [5, 5.41) is 3.43. The summed E-state index contributed by atoms with van der Waals surface area (Å²) in [6.45, 7) is 5.42. The van der Waals surface area contributed by atoms with Crippen LogP contribution in [0.4, 0.5) is 4.39 Å². The van der Waals surface area contributed by atoms with Crippen molar-refractivity contribution < 1.29 is 18.7 Å². The summed E-state index contributed by atoms with van der Waals surface area (Å²) in [5.41, 5.74) is 0.709. The molecule has 5 nitrogen and oxygen atoms in total. The molecule has 0 aliphatic rings. The van der Waals surface area contributed by atoms with Crippen molar-refractivity contribution in [3.8, 4) is 5.75 Å². The molecule has 0 fully saturated rings. The molecule has 0 aliphatic carbocycles. The maximum Gasteiger partial charge on any atom is 0.261 e. The van der Waals surface area contributed by atoms with Gasteiger partial charge in [-0.1, -0.05) is 30.7 Å². The van der Waals surface area contributed by atoms with Crippen molar-refractivity contribution in [2.75, 3.05) is 6.61 Å². The SMILES string of the molecule is CCC(C)NC(=O)C(C)N(Cc1ccc(F)cc1)C(=O)COc1ccc(Cl)cc1Br. The van der Waals surface area contributed by atoms with E-state index in [1.54, 1.807) is 37.3 Å². The van der Waals surface area contributed by atoms with Gasteiger partial charge in [-0.2, -0.15) is 0 Å². The fourth-order valence-electron chi connectivity index (χ4n) is 2.65. The molecule has 0 aliphatic heterocycles. The highest BCUT2D eigenvalue weighted by molar-refractivity contribution is 9.10. The second-order valence-corrected chi connectivity index (χ2v) is 8.30. The minimum atomic E-state index is -0.728. The Morgan fingerprint density at radius 1 is 1.20 bits per heavy atom. The molecule has 1 N–H and O–H groups in total. The Balaban J connectivity index is 2.16. The Morgan fingerprint density at radius 3 is 2.47 bits per heavy atom. The third kappa shape index (κ3) is 6.99. The van der Waals surface area contributed by atoms with Crippen LogP contribution in [0.25, 0.3) is 0 Å². The van der Waals surface area contributed by atoms with Gasteiger partial charge in [-0.3, -0.25) is 9.59 Å². The van der Waals surface area contributed by atoms with E-state index in [0.29, 0.717) is 20.8 Å². The third-order valence-electron chi connectivity index (χ3n) is 4.68. The van der Waals surface area contributed by atoms with Gasteiger partial charge in [0.1, 0.15) is 17.6 Å². The standard InChI is InChI=1S/C22H25BrClFN2O3/c1-4-14(2)26-22(29)15(3)27(12-16-5-8-18(25)9-6-16)21(28)13-30-20-10-7-17(24)11-19(20)23/h5-11,14-15H,4,12-13H2,1-3H3,(H,26,29). The van der Waals surface area contributed by atoms with Gasteiger partial charge in [-0.25, -0.2) is 4.39 Å².